The van der Waals surface area contributed by atoms with E-state index in [0.29, 0.717) is 6.54 Å². The standard InChI is InChI=1S/C11H15N3O4.ClH/c12-6-7-2-1-3-8(7)13-11(15)9-4-5-10(18-9)14(16)17;/h4-5,7-8H,1-3,6,12H2,(H,13,15);1H. The van der Waals surface area contributed by atoms with E-state index in [4.69, 9.17) is 10.2 Å². The zero-order valence-corrected chi connectivity index (χ0v) is 11.0. The second-order valence-corrected chi connectivity index (χ2v) is 4.40. The molecule has 1 heterocycles. The number of carbonyl (C=O) groups excluding carboxylic acids is 1. The predicted molar refractivity (Wildman–Crippen MR) is 70.3 cm³/mol. The molecule has 0 saturated heterocycles. The van der Waals surface area contributed by atoms with E-state index in [0.717, 1.165) is 19.3 Å². The minimum absolute atomic E-state index is 0. The van der Waals surface area contributed by atoms with Crippen LogP contribution in [-0.4, -0.2) is 23.4 Å². The highest BCUT2D eigenvalue weighted by Crippen LogP contribution is 2.25. The van der Waals surface area contributed by atoms with Gasteiger partial charge in [0.2, 0.25) is 0 Å². The van der Waals surface area contributed by atoms with Crippen LogP contribution in [0.3, 0.4) is 0 Å². The molecule has 1 saturated carbocycles. The van der Waals surface area contributed by atoms with Crippen molar-refractivity contribution in [2.45, 2.75) is 25.3 Å². The lowest BCUT2D eigenvalue weighted by Crippen LogP contribution is -2.39. The molecule has 1 aliphatic rings. The van der Waals surface area contributed by atoms with Gasteiger partial charge < -0.3 is 15.5 Å². The number of halogens is 1. The van der Waals surface area contributed by atoms with E-state index in [2.05, 4.69) is 5.32 Å². The number of nitrogens with two attached hydrogens (primary N) is 1. The molecule has 1 aromatic heterocycles. The van der Waals surface area contributed by atoms with Crippen molar-refractivity contribution < 1.29 is 14.1 Å². The van der Waals surface area contributed by atoms with Gasteiger partial charge in [0.05, 0.1) is 6.07 Å². The fourth-order valence-electron chi connectivity index (χ4n) is 2.30. The summed E-state index contributed by atoms with van der Waals surface area (Å²) in [4.78, 5) is 21.6. The highest BCUT2D eigenvalue weighted by atomic mass is 35.5. The third-order valence-electron chi connectivity index (χ3n) is 3.27. The number of nitrogens with one attached hydrogen (secondary N) is 1. The van der Waals surface area contributed by atoms with Crippen molar-refractivity contribution >= 4 is 24.2 Å². The van der Waals surface area contributed by atoms with Crippen LogP contribution in [0.5, 0.6) is 0 Å². The van der Waals surface area contributed by atoms with Crippen LogP contribution in [0, 0.1) is 16.0 Å². The first-order chi connectivity index (χ1) is 8.61. The first-order valence-corrected chi connectivity index (χ1v) is 5.87. The molecule has 19 heavy (non-hydrogen) atoms. The van der Waals surface area contributed by atoms with Crippen LogP contribution in [0.25, 0.3) is 0 Å². The minimum atomic E-state index is -0.672. The lowest BCUT2D eigenvalue weighted by Gasteiger charge is -2.18. The van der Waals surface area contributed by atoms with Crippen LogP contribution in [0.4, 0.5) is 5.88 Å². The van der Waals surface area contributed by atoms with Gasteiger partial charge in [0.25, 0.3) is 5.91 Å². The summed E-state index contributed by atoms with van der Waals surface area (Å²) in [6.45, 7) is 0.531. The summed E-state index contributed by atoms with van der Waals surface area (Å²) in [6.07, 6.45) is 2.92. The van der Waals surface area contributed by atoms with Crippen LogP contribution in [-0.2, 0) is 0 Å². The van der Waals surface area contributed by atoms with E-state index in [9.17, 15) is 14.9 Å². The Kier molecular flexibility index (Phi) is 5.31. The van der Waals surface area contributed by atoms with Crippen molar-refractivity contribution in [3.63, 3.8) is 0 Å². The van der Waals surface area contributed by atoms with E-state index in [1.807, 2.05) is 0 Å². The first-order valence-electron chi connectivity index (χ1n) is 5.87. The number of furan rings is 1. The summed E-state index contributed by atoms with van der Waals surface area (Å²) in [5, 5.41) is 13.3. The number of nitrogens with zero attached hydrogens (tertiary/aromatic N) is 1. The fourth-order valence-corrected chi connectivity index (χ4v) is 2.30. The molecule has 1 aromatic rings. The van der Waals surface area contributed by atoms with Gasteiger partial charge in [0.1, 0.15) is 4.92 Å². The van der Waals surface area contributed by atoms with Gasteiger partial charge in [-0.1, -0.05) is 6.42 Å². The molecule has 106 valence electrons. The van der Waals surface area contributed by atoms with Crippen LogP contribution in [0.15, 0.2) is 16.5 Å². The van der Waals surface area contributed by atoms with Gasteiger partial charge >= 0.3 is 5.88 Å². The van der Waals surface area contributed by atoms with Crippen molar-refractivity contribution in [2.24, 2.45) is 11.7 Å². The van der Waals surface area contributed by atoms with E-state index in [1.54, 1.807) is 0 Å². The second-order valence-electron chi connectivity index (χ2n) is 4.40. The molecule has 2 unspecified atom stereocenters. The zero-order valence-electron chi connectivity index (χ0n) is 10.2. The molecule has 1 fully saturated rings. The molecule has 8 heteroatoms. The van der Waals surface area contributed by atoms with Gasteiger partial charge in [-0.05, 0) is 31.4 Å². The Labute approximate surface area is 116 Å². The monoisotopic (exact) mass is 289 g/mol. The minimum Gasteiger partial charge on any atom is -0.395 e. The van der Waals surface area contributed by atoms with E-state index in [-0.39, 0.29) is 30.1 Å². The van der Waals surface area contributed by atoms with Crippen LogP contribution >= 0.6 is 12.4 Å². The molecule has 1 amide bonds. The Bertz CT molecular complexity index is 463. The molecule has 2 atom stereocenters. The Balaban J connectivity index is 0.00000180. The summed E-state index contributed by atoms with van der Waals surface area (Å²) in [7, 11) is 0. The average molecular weight is 290 g/mol. The van der Waals surface area contributed by atoms with Crippen LogP contribution in [0.1, 0.15) is 29.8 Å². The lowest BCUT2D eigenvalue weighted by molar-refractivity contribution is -0.402. The van der Waals surface area contributed by atoms with E-state index < -0.39 is 16.7 Å². The molecule has 1 aliphatic carbocycles. The molecule has 0 aromatic carbocycles. The quantitative estimate of drug-likeness (QED) is 0.644. The van der Waals surface area contributed by atoms with Gasteiger partial charge in [-0.25, -0.2) is 0 Å². The highest BCUT2D eigenvalue weighted by molar-refractivity contribution is 5.91. The number of hydrogen-bond donors (Lipinski definition) is 2. The number of rotatable bonds is 4. The highest BCUT2D eigenvalue weighted by Gasteiger charge is 2.28. The smallest absolute Gasteiger partial charge is 0.395 e. The zero-order chi connectivity index (χ0) is 13.1. The maximum atomic E-state index is 11.8. The maximum Gasteiger partial charge on any atom is 0.433 e. The molecule has 0 radical (unpaired) electrons. The molecule has 2 rings (SSSR count). The summed E-state index contributed by atoms with van der Waals surface area (Å²) in [5.41, 5.74) is 5.62. The van der Waals surface area contributed by atoms with Crippen molar-refractivity contribution in [2.75, 3.05) is 6.54 Å². The number of hydrogen-bond acceptors (Lipinski definition) is 5. The van der Waals surface area contributed by atoms with Gasteiger partial charge in [-0.3, -0.25) is 14.9 Å². The summed E-state index contributed by atoms with van der Waals surface area (Å²) in [5.74, 6) is -0.612. The number of amides is 1. The summed E-state index contributed by atoms with van der Waals surface area (Å²) < 4.78 is 4.84. The van der Waals surface area contributed by atoms with Crippen molar-refractivity contribution in [1.82, 2.24) is 5.32 Å². The lowest BCUT2D eigenvalue weighted by atomic mass is 10.0. The third kappa shape index (κ3) is 3.45. The van der Waals surface area contributed by atoms with E-state index in [1.165, 1.54) is 12.1 Å². The molecule has 3 N–H and O–H groups in total. The van der Waals surface area contributed by atoms with Crippen LogP contribution < -0.4 is 11.1 Å². The van der Waals surface area contributed by atoms with Gasteiger partial charge in [-0.15, -0.1) is 12.4 Å². The largest absolute Gasteiger partial charge is 0.433 e. The number of carbonyl (C=O) groups is 1. The molecular weight excluding hydrogens is 274 g/mol. The third-order valence-corrected chi connectivity index (χ3v) is 3.27. The Morgan fingerprint density at radius 2 is 2.26 bits per heavy atom. The summed E-state index contributed by atoms with van der Waals surface area (Å²) >= 11 is 0. The van der Waals surface area contributed by atoms with Crippen molar-refractivity contribution in [1.29, 1.82) is 0 Å². The average Bonchev–Trinajstić information content (AvgIpc) is 2.96. The maximum absolute atomic E-state index is 11.8. The van der Waals surface area contributed by atoms with Gasteiger partial charge in [0, 0.05) is 6.04 Å². The van der Waals surface area contributed by atoms with Crippen LogP contribution in [0.2, 0.25) is 0 Å². The molecule has 0 aliphatic heterocycles. The SMILES string of the molecule is Cl.NCC1CCCC1NC(=O)c1ccc([N+](=O)[O-])o1. The summed E-state index contributed by atoms with van der Waals surface area (Å²) in [6, 6.07) is 2.51. The fraction of sp³-hybridized carbons (Fsp3) is 0.545. The molecular formula is C11H16ClN3O4. The van der Waals surface area contributed by atoms with Gasteiger partial charge in [-0.2, -0.15) is 0 Å². The second kappa shape index (κ2) is 6.53. The van der Waals surface area contributed by atoms with E-state index >= 15 is 0 Å². The normalized spacial score (nSPS) is 21.7. The Morgan fingerprint density at radius 3 is 2.84 bits per heavy atom. The van der Waals surface area contributed by atoms with Crippen molar-refractivity contribution in [3.05, 3.63) is 28.0 Å². The molecule has 7 nitrogen and oxygen atoms in total. The van der Waals surface area contributed by atoms with Gasteiger partial charge in [0.15, 0.2) is 5.76 Å². The van der Waals surface area contributed by atoms with Crippen molar-refractivity contribution in [3.8, 4) is 0 Å². The Morgan fingerprint density at radius 1 is 1.53 bits per heavy atom. The molecule has 0 bridgehead atoms. The Hall–Kier alpha value is -1.60. The number of nitro groups is 1. The first kappa shape index (κ1) is 15.5. The molecule has 0 spiro atoms. The topological polar surface area (TPSA) is 111 Å². The predicted octanol–water partition coefficient (Wildman–Crippen LogP) is 1.47.